The van der Waals surface area contributed by atoms with E-state index in [1.54, 1.807) is 0 Å². The zero-order valence-corrected chi connectivity index (χ0v) is 11.6. The van der Waals surface area contributed by atoms with Gasteiger partial charge in [-0.15, -0.1) is 0 Å². The van der Waals surface area contributed by atoms with Gasteiger partial charge >= 0.3 is 6.03 Å². The quantitative estimate of drug-likeness (QED) is 0.875. The van der Waals surface area contributed by atoms with Crippen molar-refractivity contribution in [3.05, 3.63) is 35.4 Å². The second-order valence-corrected chi connectivity index (χ2v) is 5.30. The molecule has 3 N–H and O–H groups in total. The fourth-order valence-electron chi connectivity index (χ4n) is 2.42. The number of piperidine rings is 1. The molecule has 1 aliphatic rings. The monoisotopic (exact) mass is 261 g/mol. The highest BCUT2D eigenvalue weighted by Gasteiger charge is 2.19. The molecule has 4 heteroatoms. The Bertz CT molecular complexity index is 425. The molecule has 1 aliphatic heterocycles. The van der Waals surface area contributed by atoms with E-state index in [0.717, 1.165) is 43.0 Å². The lowest BCUT2D eigenvalue weighted by molar-refractivity contribution is 0.173. The summed E-state index contributed by atoms with van der Waals surface area (Å²) in [6.45, 7) is 5.04. The summed E-state index contributed by atoms with van der Waals surface area (Å²) >= 11 is 0. The highest BCUT2D eigenvalue weighted by atomic mass is 16.2. The Hall–Kier alpha value is -1.55. The second-order valence-electron chi connectivity index (χ2n) is 5.30. The summed E-state index contributed by atoms with van der Waals surface area (Å²) in [6, 6.07) is 8.01. The summed E-state index contributed by atoms with van der Waals surface area (Å²) in [6.07, 6.45) is 2.21. The number of hydrogen-bond donors (Lipinski definition) is 2. The molecule has 0 saturated carbocycles. The van der Waals surface area contributed by atoms with Gasteiger partial charge in [0.1, 0.15) is 0 Å². The Kier molecular flexibility index (Phi) is 4.80. The van der Waals surface area contributed by atoms with Gasteiger partial charge in [-0.1, -0.05) is 31.2 Å². The molecular formula is C15H23N3O. The molecule has 1 fully saturated rings. The van der Waals surface area contributed by atoms with E-state index in [0.29, 0.717) is 13.1 Å². The normalized spacial score (nSPS) is 16.4. The average Bonchev–Trinajstić information content (AvgIpc) is 2.45. The lowest BCUT2D eigenvalue weighted by atomic mass is 10.00. The van der Waals surface area contributed by atoms with Crippen molar-refractivity contribution in [3.63, 3.8) is 0 Å². The summed E-state index contributed by atoms with van der Waals surface area (Å²) in [5.74, 6) is 0.738. The lowest BCUT2D eigenvalue weighted by Crippen LogP contribution is -2.43. The number of nitrogens with one attached hydrogen (secondary N) is 1. The molecular weight excluding hydrogens is 238 g/mol. The van der Waals surface area contributed by atoms with Gasteiger partial charge in [-0.3, -0.25) is 0 Å². The van der Waals surface area contributed by atoms with E-state index in [4.69, 9.17) is 5.73 Å². The van der Waals surface area contributed by atoms with Crippen LogP contribution in [0.1, 0.15) is 30.9 Å². The Balaban J connectivity index is 1.86. The third-order valence-corrected chi connectivity index (χ3v) is 3.84. The molecule has 0 aliphatic carbocycles. The Labute approximate surface area is 115 Å². The summed E-state index contributed by atoms with van der Waals surface area (Å²) in [5.41, 5.74) is 7.89. The first-order chi connectivity index (χ1) is 9.20. The number of carbonyl (C=O) groups is 1. The molecule has 2 amide bonds. The predicted octanol–water partition coefficient (Wildman–Crippen LogP) is 2.09. The van der Waals surface area contributed by atoms with Crippen LogP contribution in [0.4, 0.5) is 4.79 Å². The highest BCUT2D eigenvalue weighted by Crippen LogP contribution is 2.16. The van der Waals surface area contributed by atoms with Gasteiger partial charge in [-0.05, 0) is 29.9 Å². The Morgan fingerprint density at radius 2 is 1.95 bits per heavy atom. The molecule has 0 spiro atoms. The maximum Gasteiger partial charge on any atom is 0.317 e. The number of likely N-dealkylation sites (tertiary alicyclic amines) is 1. The number of urea groups is 1. The predicted molar refractivity (Wildman–Crippen MR) is 76.5 cm³/mol. The van der Waals surface area contributed by atoms with E-state index < -0.39 is 0 Å². The van der Waals surface area contributed by atoms with Crippen molar-refractivity contribution < 1.29 is 4.79 Å². The fourth-order valence-corrected chi connectivity index (χ4v) is 2.42. The molecule has 1 heterocycles. The zero-order valence-electron chi connectivity index (χ0n) is 11.6. The van der Waals surface area contributed by atoms with Crippen molar-refractivity contribution in [1.82, 2.24) is 10.2 Å². The van der Waals surface area contributed by atoms with Crippen LogP contribution in [0, 0.1) is 5.92 Å². The van der Waals surface area contributed by atoms with Crippen LogP contribution in [0.25, 0.3) is 0 Å². The minimum Gasteiger partial charge on any atom is -0.334 e. The molecule has 1 aromatic carbocycles. The first kappa shape index (κ1) is 13.9. The lowest BCUT2D eigenvalue weighted by Gasteiger charge is -2.30. The molecule has 0 unspecified atom stereocenters. The van der Waals surface area contributed by atoms with Crippen molar-refractivity contribution in [3.8, 4) is 0 Å². The van der Waals surface area contributed by atoms with Gasteiger partial charge in [0, 0.05) is 26.2 Å². The van der Waals surface area contributed by atoms with Crippen LogP contribution < -0.4 is 11.1 Å². The molecule has 1 saturated heterocycles. The van der Waals surface area contributed by atoms with E-state index >= 15 is 0 Å². The number of benzene rings is 1. The zero-order chi connectivity index (χ0) is 13.7. The van der Waals surface area contributed by atoms with Gasteiger partial charge in [0.15, 0.2) is 0 Å². The molecule has 0 atom stereocenters. The van der Waals surface area contributed by atoms with Crippen molar-refractivity contribution in [2.75, 3.05) is 13.1 Å². The standard InChI is InChI=1S/C15H23N3O/c1-12-6-8-18(9-7-12)15(19)17-11-14-5-3-2-4-13(14)10-16/h2-5,12H,6-11,16H2,1H3,(H,17,19). The first-order valence-electron chi connectivity index (χ1n) is 7.00. The van der Waals surface area contributed by atoms with Crippen molar-refractivity contribution in [1.29, 1.82) is 0 Å². The van der Waals surface area contributed by atoms with Crippen LogP contribution in [-0.2, 0) is 13.1 Å². The maximum absolute atomic E-state index is 12.1. The molecule has 19 heavy (non-hydrogen) atoms. The minimum atomic E-state index is 0.0405. The second kappa shape index (κ2) is 6.57. The number of nitrogens with two attached hydrogens (primary N) is 1. The largest absolute Gasteiger partial charge is 0.334 e. The van der Waals surface area contributed by atoms with E-state index in [9.17, 15) is 4.79 Å². The first-order valence-corrected chi connectivity index (χ1v) is 7.00. The van der Waals surface area contributed by atoms with Crippen LogP contribution in [0.5, 0.6) is 0 Å². The summed E-state index contributed by atoms with van der Waals surface area (Å²) in [4.78, 5) is 14.0. The molecule has 2 rings (SSSR count). The SMILES string of the molecule is CC1CCN(C(=O)NCc2ccccc2CN)CC1. The number of rotatable bonds is 3. The van der Waals surface area contributed by atoms with Gasteiger partial charge in [-0.25, -0.2) is 4.79 Å². The maximum atomic E-state index is 12.1. The van der Waals surface area contributed by atoms with Gasteiger partial charge in [0.05, 0.1) is 0 Å². The summed E-state index contributed by atoms with van der Waals surface area (Å²) in [5, 5.41) is 2.99. The fraction of sp³-hybridized carbons (Fsp3) is 0.533. The van der Waals surface area contributed by atoms with Gasteiger partial charge in [0.25, 0.3) is 0 Å². The molecule has 104 valence electrons. The molecule has 0 bridgehead atoms. The Morgan fingerprint density at radius 1 is 1.32 bits per heavy atom. The van der Waals surface area contributed by atoms with Crippen LogP contribution in [0.3, 0.4) is 0 Å². The van der Waals surface area contributed by atoms with E-state index in [-0.39, 0.29) is 6.03 Å². The topological polar surface area (TPSA) is 58.4 Å². The number of hydrogen-bond acceptors (Lipinski definition) is 2. The van der Waals surface area contributed by atoms with Gasteiger partial charge in [0.2, 0.25) is 0 Å². The Morgan fingerprint density at radius 3 is 2.58 bits per heavy atom. The average molecular weight is 261 g/mol. The van der Waals surface area contributed by atoms with Crippen molar-refractivity contribution in [2.45, 2.75) is 32.9 Å². The van der Waals surface area contributed by atoms with E-state index in [1.165, 1.54) is 0 Å². The van der Waals surface area contributed by atoms with Crippen LogP contribution >= 0.6 is 0 Å². The third kappa shape index (κ3) is 3.70. The molecule has 0 radical (unpaired) electrons. The van der Waals surface area contributed by atoms with Crippen LogP contribution in [0.15, 0.2) is 24.3 Å². The number of carbonyl (C=O) groups excluding carboxylic acids is 1. The summed E-state index contributed by atoms with van der Waals surface area (Å²) in [7, 11) is 0. The molecule has 1 aromatic rings. The smallest absolute Gasteiger partial charge is 0.317 e. The highest BCUT2D eigenvalue weighted by molar-refractivity contribution is 5.74. The third-order valence-electron chi connectivity index (χ3n) is 3.84. The number of amides is 2. The molecule has 4 nitrogen and oxygen atoms in total. The van der Waals surface area contributed by atoms with E-state index in [2.05, 4.69) is 12.2 Å². The summed E-state index contributed by atoms with van der Waals surface area (Å²) < 4.78 is 0. The van der Waals surface area contributed by atoms with Gasteiger partial charge < -0.3 is 16.0 Å². The van der Waals surface area contributed by atoms with Crippen LogP contribution in [0.2, 0.25) is 0 Å². The van der Waals surface area contributed by atoms with E-state index in [1.807, 2.05) is 29.2 Å². The van der Waals surface area contributed by atoms with Crippen molar-refractivity contribution >= 4 is 6.03 Å². The van der Waals surface area contributed by atoms with Crippen molar-refractivity contribution in [2.24, 2.45) is 11.7 Å². The molecule has 0 aromatic heterocycles. The number of nitrogens with zero attached hydrogens (tertiary/aromatic N) is 1. The van der Waals surface area contributed by atoms with Gasteiger partial charge in [-0.2, -0.15) is 0 Å². The van der Waals surface area contributed by atoms with Crippen LogP contribution in [-0.4, -0.2) is 24.0 Å². The minimum absolute atomic E-state index is 0.0405.